The highest BCUT2D eigenvalue weighted by Crippen LogP contribution is 2.22. The molecule has 18 heavy (non-hydrogen) atoms. The SMILES string of the molecule is CCNC(CSc1cccc(C)c1)CC(C)CC. The van der Waals surface area contributed by atoms with Gasteiger partial charge in [0.05, 0.1) is 0 Å². The van der Waals surface area contributed by atoms with Gasteiger partial charge in [0.1, 0.15) is 0 Å². The Balaban J connectivity index is 2.46. The molecule has 0 aliphatic rings. The van der Waals surface area contributed by atoms with Crippen LogP contribution in [0.5, 0.6) is 0 Å². The highest BCUT2D eigenvalue weighted by molar-refractivity contribution is 7.99. The molecule has 0 aromatic heterocycles. The van der Waals surface area contributed by atoms with Gasteiger partial charge in [-0.1, -0.05) is 44.9 Å². The normalized spacial score (nSPS) is 14.4. The van der Waals surface area contributed by atoms with Crippen molar-refractivity contribution >= 4 is 11.8 Å². The second kappa shape index (κ2) is 8.60. The standard InChI is InChI=1S/C16H27NS/c1-5-13(3)10-15(17-6-2)12-18-16-9-7-8-14(4)11-16/h7-9,11,13,15,17H,5-6,10,12H2,1-4H3. The van der Waals surface area contributed by atoms with E-state index in [1.165, 1.54) is 29.1 Å². The van der Waals surface area contributed by atoms with E-state index >= 15 is 0 Å². The Kier molecular flexibility index (Phi) is 7.45. The van der Waals surface area contributed by atoms with Crippen molar-refractivity contribution < 1.29 is 0 Å². The molecule has 0 bridgehead atoms. The van der Waals surface area contributed by atoms with E-state index in [1.807, 2.05) is 11.8 Å². The summed E-state index contributed by atoms with van der Waals surface area (Å²) in [7, 11) is 0. The smallest absolute Gasteiger partial charge is 0.0164 e. The van der Waals surface area contributed by atoms with Crippen LogP contribution in [0.3, 0.4) is 0 Å². The first-order chi connectivity index (χ1) is 8.65. The summed E-state index contributed by atoms with van der Waals surface area (Å²) in [6.45, 7) is 10.0. The molecule has 0 amide bonds. The minimum Gasteiger partial charge on any atom is -0.313 e. The second-order valence-corrected chi connectivity index (χ2v) is 6.22. The van der Waals surface area contributed by atoms with Crippen LogP contribution in [0.25, 0.3) is 0 Å². The quantitative estimate of drug-likeness (QED) is 0.694. The number of nitrogens with one attached hydrogen (secondary N) is 1. The maximum absolute atomic E-state index is 3.61. The van der Waals surface area contributed by atoms with Crippen molar-refractivity contribution in [2.75, 3.05) is 12.3 Å². The minimum absolute atomic E-state index is 0.635. The summed E-state index contributed by atoms with van der Waals surface area (Å²) < 4.78 is 0. The number of rotatable bonds is 8. The molecule has 102 valence electrons. The van der Waals surface area contributed by atoms with E-state index in [1.54, 1.807) is 0 Å². The first kappa shape index (κ1) is 15.6. The third kappa shape index (κ3) is 5.92. The molecule has 1 rings (SSSR count). The van der Waals surface area contributed by atoms with Crippen LogP contribution >= 0.6 is 11.8 Å². The predicted octanol–water partition coefficient (Wildman–Crippen LogP) is 4.50. The molecule has 0 radical (unpaired) electrons. The molecule has 1 aromatic rings. The van der Waals surface area contributed by atoms with E-state index in [9.17, 15) is 0 Å². The first-order valence-electron chi connectivity index (χ1n) is 7.08. The van der Waals surface area contributed by atoms with E-state index in [4.69, 9.17) is 0 Å². The van der Waals surface area contributed by atoms with Gasteiger partial charge in [-0.05, 0) is 37.9 Å². The lowest BCUT2D eigenvalue weighted by molar-refractivity contribution is 0.423. The fourth-order valence-electron chi connectivity index (χ4n) is 2.05. The monoisotopic (exact) mass is 265 g/mol. The predicted molar refractivity (Wildman–Crippen MR) is 83.4 cm³/mol. The largest absolute Gasteiger partial charge is 0.313 e. The van der Waals surface area contributed by atoms with E-state index < -0.39 is 0 Å². The van der Waals surface area contributed by atoms with Gasteiger partial charge in [0.15, 0.2) is 0 Å². The van der Waals surface area contributed by atoms with Crippen molar-refractivity contribution in [1.29, 1.82) is 0 Å². The molecule has 0 saturated heterocycles. The Morgan fingerprint density at radius 3 is 2.67 bits per heavy atom. The summed E-state index contributed by atoms with van der Waals surface area (Å²) in [4.78, 5) is 1.39. The minimum atomic E-state index is 0.635. The first-order valence-corrected chi connectivity index (χ1v) is 8.07. The van der Waals surface area contributed by atoms with Gasteiger partial charge in [0.25, 0.3) is 0 Å². The molecule has 2 unspecified atom stereocenters. The molecule has 1 nitrogen and oxygen atoms in total. The lowest BCUT2D eigenvalue weighted by atomic mass is 10.0. The Labute approximate surface area is 117 Å². The van der Waals surface area contributed by atoms with Crippen molar-refractivity contribution in [2.24, 2.45) is 5.92 Å². The van der Waals surface area contributed by atoms with E-state index in [0.717, 1.165) is 12.5 Å². The zero-order valence-electron chi connectivity index (χ0n) is 12.2. The van der Waals surface area contributed by atoms with Crippen LogP contribution in [0.2, 0.25) is 0 Å². The molecule has 2 atom stereocenters. The lowest BCUT2D eigenvalue weighted by Gasteiger charge is -2.20. The number of benzene rings is 1. The fraction of sp³-hybridized carbons (Fsp3) is 0.625. The van der Waals surface area contributed by atoms with Crippen LogP contribution in [0.15, 0.2) is 29.2 Å². The van der Waals surface area contributed by atoms with Gasteiger partial charge in [0, 0.05) is 16.7 Å². The zero-order chi connectivity index (χ0) is 13.4. The summed E-state index contributed by atoms with van der Waals surface area (Å²) in [6.07, 6.45) is 2.56. The summed E-state index contributed by atoms with van der Waals surface area (Å²) in [5.74, 6) is 1.98. The number of hydrogen-bond acceptors (Lipinski definition) is 2. The third-order valence-corrected chi connectivity index (χ3v) is 4.47. The molecule has 0 saturated carbocycles. The van der Waals surface area contributed by atoms with Crippen molar-refractivity contribution in [1.82, 2.24) is 5.32 Å². The molecule has 1 N–H and O–H groups in total. The van der Waals surface area contributed by atoms with Crippen molar-refractivity contribution in [3.05, 3.63) is 29.8 Å². The average Bonchev–Trinajstić information content (AvgIpc) is 2.36. The fourth-order valence-corrected chi connectivity index (χ4v) is 3.14. The van der Waals surface area contributed by atoms with Gasteiger partial charge < -0.3 is 5.32 Å². The summed E-state index contributed by atoms with van der Waals surface area (Å²) in [5.41, 5.74) is 1.35. The summed E-state index contributed by atoms with van der Waals surface area (Å²) in [5, 5.41) is 3.61. The number of aryl methyl sites for hydroxylation is 1. The van der Waals surface area contributed by atoms with Crippen LogP contribution in [0, 0.1) is 12.8 Å². The second-order valence-electron chi connectivity index (χ2n) is 5.13. The average molecular weight is 265 g/mol. The molecule has 1 aromatic carbocycles. The van der Waals surface area contributed by atoms with Gasteiger partial charge in [-0.25, -0.2) is 0 Å². The van der Waals surface area contributed by atoms with Gasteiger partial charge in [-0.2, -0.15) is 0 Å². The van der Waals surface area contributed by atoms with Crippen LogP contribution in [0.4, 0.5) is 0 Å². The van der Waals surface area contributed by atoms with Crippen molar-refractivity contribution in [3.8, 4) is 0 Å². The molecule has 0 fully saturated rings. The van der Waals surface area contributed by atoms with E-state index in [2.05, 4.69) is 57.3 Å². The molecule has 0 aliphatic carbocycles. The van der Waals surface area contributed by atoms with Crippen LogP contribution in [-0.4, -0.2) is 18.3 Å². The molecule has 0 aliphatic heterocycles. The van der Waals surface area contributed by atoms with Crippen molar-refractivity contribution in [2.45, 2.75) is 51.5 Å². The Bertz CT molecular complexity index is 338. The number of thioether (sulfide) groups is 1. The maximum atomic E-state index is 3.61. The Hall–Kier alpha value is -0.470. The van der Waals surface area contributed by atoms with Crippen LogP contribution in [-0.2, 0) is 0 Å². The summed E-state index contributed by atoms with van der Waals surface area (Å²) in [6, 6.07) is 9.43. The molecule has 0 spiro atoms. The van der Waals surface area contributed by atoms with Crippen LogP contribution in [0.1, 0.15) is 39.2 Å². The van der Waals surface area contributed by atoms with Gasteiger partial charge >= 0.3 is 0 Å². The highest BCUT2D eigenvalue weighted by Gasteiger charge is 2.11. The van der Waals surface area contributed by atoms with Gasteiger partial charge in [-0.3, -0.25) is 0 Å². The van der Waals surface area contributed by atoms with Gasteiger partial charge in [-0.15, -0.1) is 11.8 Å². The van der Waals surface area contributed by atoms with E-state index in [-0.39, 0.29) is 0 Å². The topological polar surface area (TPSA) is 12.0 Å². The maximum Gasteiger partial charge on any atom is 0.0164 e. The molecule has 2 heteroatoms. The van der Waals surface area contributed by atoms with Crippen molar-refractivity contribution in [3.63, 3.8) is 0 Å². The lowest BCUT2D eigenvalue weighted by Crippen LogP contribution is -2.32. The Morgan fingerprint density at radius 1 is 1.28 bits per heavy atom. The highest BCUT2D eigenvalue weighted by atomic mass is 32.2. The Morgan fingerprint density at radius 2 is 2.06 bits per heavy atom. The summed E-state index contributed by atoms with van der Waals surface area (Å²) >= 11 is 1.97. The zero-order valence-corrected chi connectivity index (χ0v) is 13.0. The molecular weight excluding hydrogens is 238 g/mol. The number of hydrogen-bond donors (Lipinski definition) is 1. The van der Waals surface area contributed by atoms with Gasteiger partial charge in [0.2, 0.25) is 0 Å². The van der Waals surface area contributed by atoms with E-state index in [0.29, 0.717) is 6.04 Å². The molecule has 0 heterocycles. The third-order valence-electron chi connectivity index (χ3n) is 3.32. The van der Waals surface area contributed by atoms with Crippen LogP contribution < -0.4 is 5.32 Å². The molecular formula is C16H27NS.